The molecule has 0 saturated carbocycles. The number of hydrogen-bond donors (Lipinski definition) is 1. The summed E-state index contributed by atoms with van der Waals surface area (Å²) in [6, 6.07) is 0. The van der Waals surface area contributed by atoms with Crippen molar-refractivity contribution in [1.29, 1.82) is 0 Å². The summed E-state index contributed by atoms with van der Waals surface area (Å²) in [5, 5.41) is 12.7. The van der Waals surface area contributed by atoms with E-state index in [0.717, 1.165) is 4.90 Å². The third kappa shape index (κ3) is 3.18. The molecule has 1 N–H and O–H groups in total. The van der Waals surface area contributed by atoms with Gasteiger partial charge in [0.2, 0.25) is 0 Å². The fourth-order valence-electron chi connectivity index (χ4n) is 2.75. The molecule has 1 fully saturated rings. The zero-order chi connectivity index (χ0) is 17.5. The fraction of sp³-hybridized carbons (Fsp3) is 0.643. The first-order valence-electron chi connectivity index (χ1n) is 7.09. The van der Waals surface area contributed by atoms with Crippen molar-refractivity contribution in [2.24, 2.45) is 11.8 Å². The van der Waals surface area contributed by atoms with E-state index in [2.05, 4.69) is 5.16 Å². The van der Waals surface area contributed by atoms with Gasteiger partial charge in [0, 0.05) is 19.0 Å². The van der Waals surface area contributed by atoms with Gasteiger partial charge in [-0.1, -0.05) is 19.0 Å². The predicted octanol–water partition coefficient (Wildman–Crippen LogP) is 2.44. The van der Waals surface area contributed by atoms with Gasteiger partial charge in [-0.05, 0) is 6.92 Å². The van der Waals surface area contributed by atoms with Gasteiger partial charge < -0.3 is 14.5 Å². The molecule has 1 saturated heterocycles. The lowest BCUT2D eigenvalue weighted by Gasteiger charge is -2.18. The average molecular weight is 334 g/mol. The number of hydrogen-bond acceptors (Lipinski definition) is 4. The number of carbonyl (C=O) groups excluding carboxylic acids is 1. The standard InChI is InChI=1S/C14H17F3N2O4/c1-6(2)11-10(7(3)18-23-11)12(20)19-4-8(13(21)22)9(5-19)14(15,16)17/h6,8-9H,4-5H2,1-3H3,(H,21,22)/t8-,9-/m1/s1. The summed E-state index contributed by atoms with van der Waals surface area (Å²) in [5.74, 6) is -5.87. The first-order chi connectivity index (χ1) is 10.5. The van der Waals surface area contributed by atoms with Crippen LogP contribution in [0.4, 0.5) is 13.2 Å². The normalized spacial score (nSPS) is 22.0. The lowest BCUT2D eigenvalue weighted by Crippen LogP contribution is -2.34. The van der Waals surface area contributed by atoms with Crippen molar-refractivity contribution in [2.45, 2.75) is 32.9 Å². The third-order valence-electron chi connectivity index (χ3n) is 3.97. The first kappa shape index (κ1) is 17.3. The number of nitrogens with zero attached hydrogens (tertiary/aromatic N) is 2. The maximum atomic E-state index is 13.0. The molecule has 2 rings (SSSR count). The predicted molar refractivity (Wildman–Crippen MR) is 71.9 cm³/mol. The van der Waals surface area contributed by atoms with Gasteiger partial charge in [-0.3, -0.25) is 9.59 Å². The number of rotatable bonds is 3. The average Bonchev–Trinajstić information content (AvgIpc) is 3.00. The highest BCUT2D eigenvalue weighted by molar-refractivity contribution is 5.97. The maximum Gasteiger partial charge on any atom is 0.394 e. The van der Waals surface area contributed by atoms with Crippen LogP contribution in [-0.4, -0.2) is 46.3 Å². The number of halogens is 3. The molecule has 1 aliphatic rings. The summed E-state index contributed by atoms with van der Waals surface area (Å²) in [4.78, 5) is 24.6. The van der Waals surface area contributed by atoms with Gasteiger partial charge in [0.1, 0.15) is 5.56 Å². The number of aliphatic carboxylic acids is 1. The summed E-state index contributed by atoms with van der Waals surface area (Å²) in [6.45, 7) is 3.88. The lowest BCUT2D eigenvalue weighted by atomic mass is 9.96. The molecule has 6 nitrogen and oxygen atoms in total. The molecule has 1 aromatic heterocycles. The van der Waals surface area contributed by atoms with E-state index in [0.29, 0.717) is 0 Å². The van der Waals surface area contributed by atoms with Gasteiger partial charge in [-0.25, -0.2) is 0 Å². The van der Waals surface area contributed by atoms with Crippen molar-refractivity contribution in [3.63, 3.8) is 0 Å². The summed E-state index contributed by atoms with van der Waals surface area (Å²) in [7, 11) is 0. The van der Waals surface area contributed by atoms with E-state index in [1.54, 1.807) is 13.8 Å². The molecular weight excluding hydrogens is 317 g/mol. The molecule has 1 aromatic rings. The monoisotopic (exact) mass is 334 g/mol. The summed E-state index contributed by atoms with van der Waals surface area (Å²) >= 11 is 0. The molecule has 0 aromatic carbocycles. The number of carboxylic acid groups (broad SMARTS) is 1. The van der Waals surface area contributed by atoms with Crippen LogP contribution in [0.3, 0.4) is 0 Å². The highest BCUT2D eigenvalue weighted by Crippen LogP contribution is 2.38. The topological polar surface area (TPSA) is 83.6 Å². The van der Waals surface area contributed by atoms with E-state index < -0.39 is 43.0 Å². The number of aromatic nitrogens is 1. The van der Waals surface area contributed by atoms with Gasteiger partial charge in [-0.2, -0.15) is 13.2 Å². The van der Waals surface area contributed by atoms with Gasteiger partial charge in [0.15, 0.2) is 5.76 Å². The Morgan fingerprint density at radius 1 is 1.35 bits per heavy atom. The molecule has 0 unspecified atom stereocenters. The minimum atomic E-state index is -4.68. The molecule has 1 aliphatic heterocycles. The number of likely N-dealkylation sites (tertiary alicyclic amines) is 1. The van der Waals surface area contributed by atoms with Crippen molar-refractivity contribution < 1.29 is 32.4 Å². The molecule has 2 atom stereocenters. The Hall–Kier alpha value is -2.06. The second-order valence-electron chi connectivity index (χ2n) is 5.96. The largest absolute Gasteiger partial charge is 0.481 e. The van der Waals surface area contributed by atoms with E-state index in [9.17, 15) is 22.8 Å². The molecule has 1 amide bonds. The Kier molecular flexibility index (Phi) is 4.41. The Labute approximate surface area is 130 Å². The summed E-state index contributed by atoms with van der Waals surface area (Å²) in [6.07, 6.45) is -4.68. The van der Waals surface area contributed by atoms with Crippen LogP contribution in [0.5, 0.6) is 0 Å². The highest BCUT2D eigenvalue weighted by atomic mass is 19.4. The number of carboxylic acids is 1. The van der Waals surface area contributed by atoms with Crippen molar-refractivity contribution in [3.05, 3.63) is 17.0 Å². The molecule has 23 heavy (non-hydrogen) atoms. The smallest absolute Gasteiger partial charge is 0.394 e. The van der Waals surface area contributed by atoms with Crippen LogP contribution < -0.4 is 0 Å². The Balaban J connectivity index is 2.32. The Morgan fingerprint density at radius 3 is 2.39 bits per heavy atom. The molecule has 0 spiro atoms. The summed E-state index contributed by atoms with van der Waals surface area (Å²) in [5.41, 5.74) is 0.396. The van der Waals surface area contributed by atoms with Crippen LogP contribution >= 0.6 is 0 Å². The second kappa shape index (κ2) is 5.86. The Bertz CT molecular complexity index is 624. The van der Waals surface area contributed by atoms with Crippen LogP contribution in [-0.2, 0) is 4.79 Å². The van der Waals surface area contributed by atoms with Crippen LogP contribution in [0.25, 0.3) is 0 Å². The number of carbonyl (C=O) groups is 2. The molecule has 0 radical (unpaired) electrons. The zero-order valence-corrected chi connectivity index (χ0v) is 12.8. The van der Waals surface area contributed by atoms with Gasteiger partial charge in [0.05, 0.1) is 17.5 Å². The third-order valence-corrected chi connectivity index (χ3v) is 3.97. The quantitative estimate of drug-likeness (QED) is 0.918. The van der Waals surface area contributed by atoms with Crippen molar-refractivity contribution in [3.8, 4) is 0 Å². The first-order valence-corrected chi connectivity index (χ1v) is 7.09. The van der Waals surface area contributed by atoms with Crippen LogP contribution in [0.1, 0.15) is 41.6 Å². The summed E-state index contributed by atoms with van der Waals surface area (Å²) < 4.78 is 44.1. The molecule has 0 bridgehead atoms. The Morgan fingerprint density at radius 2 is 1.96 bits per heavy atom. The van der Waals surface area contributed by atoms with E-state index >= 15 is 0 Å². The molecular formula is C14H17F3N2O4. The molecule has 2 heterocycles. The van der Waals surface area contributed by atoms with Gasteiger partial charge in [-0.15, -0.1) is 0 Å². The highest BCUT2D eigenvalue weighted by Gasteiger charge is 2.53. The van der Waals surface area contributed by atoms with Crippen LogP contribution in [0, 0.1) is 18.8 Å². The SMILES string of the molecule is Cc1noc(C(C)C)c1C(=O)N1C[C@@H](C(F)(F)F)[C@H](C(=O)O)C1. The van der Waals surface area contributed by atoms with Gasteiger partial charge >= 0.3 is 12.1 Å². The fourth-order valence-corrected chi connectivity index (χ4v) is 2.75. The van der Waals surface area contributed by atoms with E-state index in [1.807, 2.05) is 0 Å². The van der Waals surface area contributed by atoms with E-state index in [-0.39, 0.29) is 22.9 Å². The van der Waals surface area contributed by atoms with E-state index in [1.165, 1.54) is 6.92 Å². The zero-order valence-electron chi connectivity index (χ0n) is 12.8. The molecule has 0 aliphatic carbocycles. The number of alkyl halides is 3. The number of amides is 1. The van der Waals surface area contributed by atoms with Crippen molar-refractivity contribution >= 4 is 11.9 Å². The number of aryl methyl sites for hydroxylation is 1. The maximum absolute atomic E-state index is 13.0. The van der Waals surface area contributed by atoms with Crippen LogP contribution in [0.2, 0.25) is 0 Å². The molecule has 128 valence electrons. The van der Waals surface area contributed by atoms with E-state index in [4.69, 9.17) is 9.63 Å². The van der Waals surface area contributed by atoms with Gasteiger partial charge in [0.25, 0.3) is 5.91 Å². The molecule has 9 heteroatoms. The minimum absolute atomic E-state index is 0.118. The van der Waals surface area contributed by atoms with Crippen molar-refractivity contribution in [2.75, 3.05) is 13.1 Å². The minimum Gasteiger partial charge on any atom is -0.481 e. The lowest BCUT2D eigenvalue weighted by molar-refractivity contribution is -0.187. The van der Waals surface area contributed by atoms with Crippen molar-refractivity contribution in [1.82, 2.24) is 10.1 Å². The van der Waals surface area contributed by atoms with Crippen LogP contribution in [0.15, 0.2) is 4.52 Å². The second-order valence-corrected chi connectivity index (χ2v) is 5.96.